The van der Waals surface area contributed by atoms with Gasteiger partial charge in [-0.15, -0.1) is 0 Å². The fourth-order valence-electron chi connectivity index (χ4n) is 2.51. The van der Waals surface area contributed by atoms with E-state index in [1.54, 1.807) is 34.6 Å². The minimum atomic E-state index is -1.03. The van der Waals surface area contributed by atoms with E-state index in [1.165, 1.54) is 4.90 Å². The van der Waals surface area contributed by atoms with Crippen molar-refractivity contribution in [3.05, 3.63) is 35.9 Å². The molecule has 24 heavy (non-hydrogen) atoms. The number of carbonyl (C=O) groups excluding carboxylic acids is 1. The SMILES string of the molecule is CC(C)(C)OC(=O)N1[C@H]([C@@H](O)C#Cc2ccccc2)COC1(C)C. The van der Waals surface area contributed by atoms with E-state index in [4.69, 9.17) is 9.47 Å². The molecule has 0 aliphatic carbocycles. The average Bonchev–Trinajstić information content (AvgIpc) is 2.79. The first kappa shape index (κ1) is 18.3. The molecule has 1 saturated heterocycles. The fraction of sp³-hybridized carbons (Fsp3) is 0.526. The maximum absolute atomic E-state index is 12.5. The summed E-state index contributed by atoms with van der Waals surface area (Å²) in [6, 6.07) is 8.81. The number of nitrogens with zero attached hydrogens (tertiary/aromatic N) is 1. The number of hydrogen-bond donors (Lipinski definition) is 1. The van der Waals surface area contributed by atoms with Crippen molar-refractivity contribution in [2.75, 3.05) is 6.61 Å². The quantitative estimate of drug-likeness (QED) is 0.804. The first-order valence-corrected chi connectivity index (χ1v) is 8.01. The van der Waals surface area contributed by atoms with E-state index in [9.17, 15) is 9.90 Å². The van der Waals surface area contributed by atoms with Crippen LogP contribution in [-0.4, -0.2) is 46.2 Å². The number of ether oxygens (including phenoxy) is 2. The third-order valence-corrected chi connectivity index (χ3v) is 3.61. The van der Waals surface area contributed by atoms with Crippen molar-refractivity contribution in [1.29, 1.82) is 0 Å². The molecule has 130 valence electrons. The van der Waals surface area contributed by atoms with Gasteiger partial charge >= 0.3 is 6.09 Å². The molecule has 1 amide bonds. The Labute approximate surface area is 143 Å². The van der Waals surface area contributed by atoms with Gasteiger partial charge in [0.1, 0.15) is 17.4 Å². The Morgan fingerprint density at radius 2 is 2.00 bits per heavy atom. The van der Waals surface area contributed by atoms with Crippen LogP contribution in [0.2, 0.25) is 0 Å². The Morgan fingerprint density at radius 3 is 2.58 bits per heavy atom. The second-order valence-electron chi connectivity index (χ2n) is 7.26. The van der Waals surface area contributed by atoms with E-state index in [1.807, 2.05) is 30.3 Å². The number of carbonyl (C=O) groups is 1. The number of amides is 1. The monoisotopic (exact) mass is 331 g/mol. The van der Waals surface area contributed by atoms with Crippen molar-refractivity contribution < 1.29 is 19.4 Å². The van der Waals surface area contributed by atoms with Gasteiger partial charge in [-0.1, -0.05) is 30.0 Å². The molecular weight excluding hydrogens is 306 g/mol. The Kier molecular flexibility index (Phi) is 5.22. The number of aliphatic hydroxyl groups is 1. The second kappa shape index (κ2) is 6.84. The van der Waals surface area contributed by atoms with Gasteiger partial charge in [0.05, 0.1) is 12.6 Å². The fourth-order valence-corrected chi connectivity index (χ4v) is 2.51. The van der Waals surface area contributed by atoms with Gasteiger partial charge < -0.3 is 14.6 Å². The Morgan fingerprint density at radius 1 is 1.38 bits per heavy atom. The summed E-state index contributed by atoms with van der Waals surface area (Å²) in [6.45, 7) is 9.15. The topological polar surface area (TPSA) is 59.0 Å². The van der Waals surface area contributed by atoms with E-state index in [0.717, 1.165) is 5.56 Å². The van der Waals surface area contributed by atoms with Crippen LogP contribution in [0.5, 0.6) is 0 Å². The van der Waals surface area contributed by atoms with E-state index in [0.29, 0.717) is 0 Å². The minimum Gasteiger partial charge on any atom is -0.444 e. The van der Waals surface area contributed by atoms with Crippen LogP contribution < -0.4 is 0 Å². The predicted molar refractivity (Wildman–Crippen MR) is 91.2 cm³/mol. The summed E-state index contributed by atoms with van der Waals surface area (Å²) in [4.78, 5) is 14.0. The molecule has 2 atom stereocenters. The van der Waals surface area contributed by atoms with Crippen LogP contribution in [0.25, 0.3) is 0 Å². The van der Waals surface area contributed by atoms with Gasteiger partial charge in [0.25, 0.3) is 0 Å². The van der Waals surface area contributed by atoms with Gasteiger partial charge in [-0.25, -0.2) is 4.79 Å². The molecule has 5 nitrogen and oxygen atoms in total. The standard InChI is InChI=1S/C19H25NO4/c1-18(2,3)24-17(22)20-15(13-23-19(20,4)5)16(21)12-11-14-9-7-6-8-10-14/h6-10,15-16,21H,13H2,1-5H3/t15-,16-/m0/s1. The van der Waals surface area contributed by atoms with Gasteiger partial charge in [-0.2, -0.15) is 0 Å². The maximum atomic E-state index is 12.5. The number of rotatable bonds is 1. The lowest BCUT2D eigenvalue weighted by molar-refractivity contribution is -0.0658. The first-order valence-electron chi connectivity index (χ1n) is 8.01. The Balaban J connectivity index is 2.18. The molecule has 1 fully saturated rings. The zero-order valence-corrected chi connectivity index (χ0v) is 14.9. The van der Waals surface area contributed by atoms with Crippen LogP contribution in [0.4, 0.5) is 4.79 Å². The zero-order chi connectivity index (χ0) is 18.0. The summed E-state index contributed by atoms with van der Waals surface area (Å²) >= 11 is 0. The second-order valence-corrected chi connectivity index (χ2v) is 7.26. The molecule has 1 N–H and O–H groups in total. The minimum absolute atomic E-state index is 0.205. The van der Waals surface area contributed by atoms with Crippen LogP contribution >= 0.6 is 0 Å². The lowest BCUT2D eigenvalue weighted by atomic mass is 10.1. The van der Waals surface area contributed by atoms with Crippen LogP contribution in [0.3, 0.4) is 0 Å². The highest BCUT2D eigenvalue weighted by Gasteiger charge is 2.48. The highest BCUT2D eigenvalue weighted by Crippen LogP contribution is 2.30. The normalized spacial score (nSPS) is 20.9. The number of aliphatic hydroxyl groups excluding tert-OH is 1. The molecule has 2 rings (SSSR count). The lowest BCUT2D eigenvalue weighted by Crippen LogP contribution is -2.53. The van der Waals surface area contributed by atoms with Crippen molar-refractivity contribution in [2.24, 2.45) is 0 Å². The molecular formula is C19H25NO4. The Hall–Kier alpha value is -2.03. The molecule has 1 aliphatic rings. The van der Waals surface area contributed by atoms with E-state index in [-0.39, 0.29) is 6.61 Å². The van der Waals surface area contributed by atoms with Gasteiger partial charge in [0.2, 0.25) is 0 Å². The maximum Gasteiger partial charge on any atom is 0.413 e. The van der Waals surface area contributed by atoms with Gasteiger partial charge in [-0.05, 0) is 46.8 Å². The van der Waals surface area contributed by atoms with Crippen molar-refractivity contribution in [1.82, 2.24) is 4.90 Å². The lowest BCUT2D eigenvalue weighted by Gasteiger charge is -2.35. The third kappa shape index (κ3) is 4.50. The largest absolute Gasteiger partial charge is 0.444 e. The van der Waals surface area contributed by atoms with E-state index >= 15 is 0 Å². The number of benzene rings is 1. The van der Waals surface area contributed by atoms with Crippen molar-refractivity contribution in [2.45, 2.75) is 58.1 Å². The van der Waals surface area contributed by atoms with Gasteiger partial charge in [0, 0.05) is 5.56 Å². The molecule has 1 aliphatic heterocycles. The third-order valence-electron chi connectivity index (χ3n) is 3.61. The van der Waals surface area contributed by atoms with E-state index < -0.39 is 29.6 Å². The number of hydrogen-bond acceptors (Lipinski definition) is 4. The summed E-state index contributed by atoms with van der Waals surface area (Å²) in [6.07, 6.45) is -1.55. The van der Waals surface area contributed by atoms with Crippen LogP contribution in [0.1, 0.15) is 40.2 Å². The van der Waals surface area contributed by atoms with Crippen LogP contribution in [0, 0.1) is 11.8 Å². The van der Waals surface area contributed by atoms with Gasteiger partial charge in [0.15, 0.2) is 0 Å². The smallest absolute Gasteiger partial charge is 0.413 e. The molecule has 5 heteroatoms. The molecule has 0 radical (unpaired) electrons. The highest BCUT2D eigenvalue weighted by atomic mass is 16.6. The van der Waals surface area contributed by atoms with E-state index in [2.05, 4.69) is 11.8 Å². The molecule has 1 aromatic rings. The molecule has 1 aromatic carbocycles. The van der Waals surface area contributed by atoms with Crippen molar-refractivity contribution in [3.63, 3.8) is 0 Å². The van der Waals surface area contributed by atoms with Crippen LogP contribution in [0.15, 0.2) is 30.3 Å². The summed E-state index contributed by atoms with van der Waals surface area (Å²) in [7, 11) is 0. The predicted octanol–water partition coefficient (Wildman–Crippen LogP) is 2.77. The summed E-state index contributed by atoms with van der Waals surface area (Å²) in [5, 5.41) is 10.5. The molecule has 0 spiro atoms. The van der Waals surface area contributed by atoms with Crippen molar-refractivity contribution >= 4 is 6.09 Å². The summed E-state index contributed by atoms with van der Waals surface area (Å²) in [5.41, 5.74) is -0.679. The molecule has 0 aromatic heterocycles. The summed E-state index contributed by atoms with van der Waals surface area (Å²) < 4.78 is 11.1. The molecule has 0 bridgehead atoms. The molecule has 1 heterocycles. The summed E-state index contributed by atoms with van der Waals surface area (Å²) in [5.74, 6) is 5.72. The Bertz CT molecular complexity index is 637. The first-order chi connectivity index (χ1) is 11.1. The zero-order valence-electron chi connectivity index (χ0n) is 14.9. The van der Waals surface area contributed by atoms with Crippen molar-refractivity contribution in [3.8, 4) is 11.8 Å². The average molecular weight is 331 g/mol. The van der Waals surface area contributed by atoms with Crippen LogP contribution in [-0.2, 0) is 9.47 Å². The van der Waals surface area contributed by atoms with Gasteiger partial charge in [-0.3, -0.25) is 4.90 Å². The highest BCUT2D eigenvalue weighted by molar-refractivity contribution is 5.70. The molecule has 0 unspecified atom stereocenters. The molecule has 0 saturated carbocycles.